The summed E-state index contributed by atoms with van der Waals surface area (Å²) in [5.74, 6) is 1.20. The van der Waals surface area contributed by atoms with Crippen LogP contribution in [0.3, 0.4) is 0 Å². The monoisotopic (exact) mass is 631 g/mol. The van der Waals surface area contributed by atoms with E-state index in [2.05, 4.69) is 96.3 Å². The maximum atomic E-state index is 13.8. The summed E-state index contributed by atoms with van der Waals surface area (Å²) in [4.78, 5) is 16.2. The molecule has 0 fully saturated rings. The third kappa shape index (κ3) is 9.05. The van der Waals surface area contributed by atoms with E-state index in [4.69, 9.17) is 9.47 Å². The Morgan fingerprint density at radius 3 is 2.23 bits per heavy atom. The zero-order valence-corrected chi connectivity index (χ0v) is 28.3. The molecule has 6 heteroatoms. The summed E-state index contributed by atoms with van der Waals surface area (Å²) in [6, 6.07) is 35.3. The zero-order chi connectivity index (χ0) is 33.0. The van der Waals surface area contributed by atoms with Crippen LogP contribution in [-0.2, 0) is 17.9 Å². The van der Waals surface area contributed by atoms with Gasteiger partial charge in [-0.05, 0) is 79.9 Å². The highest BCUT2D eigenvalue weighted by molar-refractivity contribution is 5.87. The predicted octanol–water partition coefficient (Wildman–Crippen LogP) is 8.43. The number of methoxy groups -OCH3 is 1. The van der Waals surface area contributed by atoms with E-state index >= 15 is 0 Å². The molecule has 0 aliphatic carbocycles. The van der Waals surface area contributed by atoms with Crippen LogP contribution >= 0.6 is 0 Å². The third-order valence-electron chi connectivity index (χ3n) is 9.02. The summed E-state index contributed by atoms with van der Waals surface area (Å²) in [6.45, 7) is 10.9. The molecule has 0 aliphatic rings. The fraction of sp³-hybridized carbons (Fsp3) is 0.341. The quantitative estimate of drug-likeness (QED) is 0.112. The van der Waals surface area contributed by atoms with Gasteiger partial charge in [0.05, 0.1) is 7.11 Å². The normalized spacial score (nSPS) is 12.6. The molecule has 1 N–H and O–H groups in total. The van der Waals surface area contributed by atoms with Crippen LogP contribution in [0.2, 0.25) is 0 Å². The molecular formula is C41H49N3O3. The summed E-state index contributed by atoms with van der Waals surface area (Å²) in [6.07, 6.45) is 4.56. The van der Waals surface area contributed by atoms with Gasteiger partial charge in [-0.15, -0.1) is 0 Å². The second-order valence-electron chi connectivity index (χ2n) is 12.3. The van der Waals surface area contributed by atoms with E-state index in [0.717, 1.165) is 66.6 Å². The highest BCUT2D eigenvalue weighted by Crippen LogP contribution is 2.39. The van der Waals surface area contributed by atoms with Crippen molar-refractivity contribution in [3.8, 4) is 11.5 Å². The molecule has 246 valence electrons. The molecule has 5 rings (SSSR count). The van der Waals surface area contributed by atoms with E-state index in [-0.39, 0.29) is 17.9 Å². The van der Waals surface area contributed by atoms with Crippen LogP contribution in [0.1, 0.15) is 68.2 Å². The Labute approximate surface area is 280 Å². The van der Waals surface area contributed by atoms with E-state index in [1.807, 2.05) is 48.5 Å². The van der Waals surface area contributed by atoms with Crippen LogP contribution < -0.4 is 14.8 Å². The van der Waals surface area contributed by atoms with E-state index in [0.29, 0.717) is 24.5 Å². The number of para-hydroxylation sites is 1. The van der Waals surface area contributed by atoms with Gasteiger partial charge in [0.2, 0.25) is 5.91 Å². The summed E-state index contributed by atoms with van der Waals surface area (Å²) in [5, 5.41) is 4.46. The Bertz CT molecular complexity index is 1700. The molecule has 0 saturated carbocycles. The van der Waals surface area contributed by atoms with E-state index < -0.39 is 0 Å². The van der Waals surface area contributed by atoms with Crippen molar-refractivity contribution < 1.29 is 14.3 Å². The Kier molecular flexibility index (Phi) is 12.1. The standard InChI is InChI=1S/C41H49N3O3/c1-5-43(6-2)25-15-16-31(3)42-41(45)27-36(34-23-24-39(40(26-34)46-4)47-30-33-19-11-8-12-20-33)37-29-44(28-32-17-9-7-10-18-32)38-22-14-13-21-35(37)38/h7-14,17-24,26,29,31,36H,5-6,15-16,25,27-28,30H2,1-4H3,(H,42,45)/t31-,36-/m0/s1. The van der Waals surface area contributed by atoms with Crippen LogP contribution in [0.15, 0.2) is 109 Å². The van der Waals surface area contributed by atoms with Gasteiger partial charge in [-0.25, -0.2) is 0 Å². The Hall–Kier alpha value is -4.55. The van der Waals surface area contributed by atoms with Gasteiger partial charge >= 0.3 is 0 Å². The van der Waals surface area contributed by atoms with Crippen molar-refractivity contribution in [3.63, 3.8) is 0 Å². The predicted molar refractivity (Wildman–Crippen MR) is 192 cm³/mol. The van der Waals surface area contributed by atoms with Crippen molar-refractivity contribution >= 4 is 16.8 Å². The average Bonchev–Trinajstić information content (AvgIpc) is 3.46. The maximum Gasteiger partial charge on any atom is 0.221 e. The number of aromatic nitrogens is 1. The molecule has 0 spiro atoms. The third-order valence-corrected chi connectivity index (χ3v) is 9.02. The minimum atomic E-state index is -0.183. The molecule has 4 aromatic carbocycles. The average molecular weight is 632 g/mol. The van der Waals surface area contributed by atoms with Crippen molar-refractivity contribution in [2.24, 2.45) is 0 Å². The number of fused-ring (bicyclic) bond motifs is 1. The molecule has 1 heterocycles. The van der Waals surface area contributed by atoms with E-state index in [1.54, 1.807) is 7.11 Å². The number of hydrogen-bond acceptors (Lipinski definition) is 4. The number of carbonyl (C=O) groups excluding carboxylic acids is 1. The largest absolute Gasteiger partial charge is 0.493 e. The molecule has 5 aromatic rings. The lowest BCUT2D eigenvalue weighted by molar-refractivity contribution is -0.121. The molecule has 1 amide bonds. The van der Waals surface area contributed by atoms with Crippen LogP contribution in [0.5, 0.6) is 11.5 Å². The van der Waals surface area contributed by atoms with Gasteiger partial charge in [0.25, 0.3) is 0 Å². The molecule has 6 nitrogen and oxygen atoms in total. The van der Waals surface area contributed by atoms with Crippen molar-refractivity contribution in [2.45, 2.75) is 65.1 Å². The first-order chi connectivity index (χ1) is 23.0. The molecule has 0 bridgehead atoms. The Morgan fingerprint density at radius 2 is 1.53 bits per heavy atom. The topological polar surface area (TPSA) is 55.7 Å². The lowest BCUT2D eigenvalue weighted by Gasteiger charge is -2.22. The van der Waals surface area contributed by atoms with Crippen molar-refractivity contribution in [1.29, 1.82) is 0 Å². The molecular weight excluding hydrogens is 582 g/mol. The lowest BCUT2D eigenvalue weighted by Crippen LogP contribution is -2.34. The van der Waals surface area contributed by atoms with Gasteiger partial charge in [0.15, 0.2) is 11.5 Å². The van der Waals surface area contributed by atoms with Gasteiger partial charge in [-0.2, -0.15) is 0 Å². The van der Waals surface area contributed by atoms with Gasteiger partial charge in [0.1, 0.15) is 6.61 Å². The van der Waals surface area contributed by atoms with E-state index in [9.17, 15) is 4.79 Å². The van der Waals surface area contributed by atoms with Gasteiger partial charge in [-0.1, -0.05) is 98.8 Å². The SMILES string of the molecule is CCN(CC)CCC[C@H](C)NC(=O)C[C@@H](c1ccc(OCc2ccccc2)c(OC)c1)c1cn(Cc2ccccc2)c2ccccc12. The number of hydrogen-bond donors (Lipinski definition) is 1. The summed E-state index contributed by atoms with van der Waals surface area (Å²) in [7, 11) is 1.67. The van der Waals surface area contributed by atoms with Crippen LogP contribution in [0.4, 0.5) is 0 Å². The van der Waals surface area contributed by atoms with Crippen molar-refractivity contribution in [1.82, 2.24) is 14.8 Å². The first-order valence-electron chi connectivity index (χ1n) is 17.0. The van der Waals surface area contributed by atoms with Crippen LogP contribution in [0.25, 0.3) is 10.9 Å². The first-order valence-corrected chi connectivity index (χ1v) is 17.0. The molecule has 0 aliphatic heterocycles. The number of carbonyl (C=O) groups is 1. The smallest absolute Gasteiger partial charge is 0.221 e. The Balaban J connectivity index is 1.44. The minimum absolute atomic E-state index is 0.0496. The summed E-state index contributed by atoms with van der Waals surface area (Å²) < 4.78 is 14.3. The number of rotatable bonds is 17. The zero-order valence-electron chi connectivity index (χ0n) is 28.3. The fourth-order valence-electron chi connectivity index (χ4n) is 6.38. The maximum absolute atomic E-state index is 13.8. The highest BCUT2D eigenvalue weighted by Gasteiger charge is 2.25. The van der Waals surface area contributed by atoms with Gasteiger partial charge in [0, 0.05) is 42.0 Å². The highest BCUT2D eigenvalue weighted by atomic mass is 16.5. The summed E-state index contributed by atoms with van der Waals surface area (Å²) in [5.41, 5.74) is 5.61. The molecule has 47 heavy (non-hydrogen) atoms. The Morgan fingerprint density at radius 1 is 0.851 bits per heavy atom. The second-order valence-corrected chi connectivity index (χ2v) is 12.3. The number of amides is 1. The van der Waals surface area contributed by atoms with E-state index in [1.165, 1.54) is 5.56 Å². The number of nitrogens with zero attached hydrogens (tertiary/aromatic N) is 2. The molecule has 0 unspecified atom stereocenters. The molecule has 2 atom stereocenters. The first kappa shape index (κ1) is 33.8. The second kappa shape index (κ2) is 16.8. The van der Waals surface area contributed by atoms with Crippen molar-refractivity contribution in [2.75, 3.05) is 26.7 Å². The molecule has 1 aromatic heterocycles. The van der Waals surface area contributed by atoms with Gasteiger partial charge in [-0.3, -0.25) is 4.79 Å². The number of benzene rings is 4. The van der Waals surface area contributed by atoms with Crippen molar-refractivity contribution in [3.05, 3.63) is 132 Å². The molecule has 0 radical (unpaired) electrons. The fourth-order valence-corrected chi connectivity index (χ4v) is 6.38. The number of nitrogens with one attached hydrogen (secondary N) is 1. The lowest BCUT2D eigenvalue weighted by atomic mass is 9.87. The number of ether oxygens (including phenoxy) is 2. The minimum Gasteiger partial charge on any atom is -0.493 e. The van der Waals surface area contributed by atoms with Crippen LogP contribution in [0, 0.1) is 0 Å². The summed E-state index contributed by atoms with van der Waals surface area (Å²) >= 11 is 0. The van der Waals surface area contributed by atoms with Crippen LogP contribution in [-0.4, -0.2) is 48.2 Å². The van der Waals surface area contributed by atoms with Gasteiger partial charge < -0.3 is 24.3 Å². The molecule has 0 saturated heterocycles.